The summed E-state index contributed by atoms with van der Waals surface area (Å²) in [5.74, 6) is -0.472. The van der Waals surface area contributed by atoms with Crippen molar-refractivity contribution in [1.29, 1.82) is 0 Å². The molecule has 1 heterocycles. The Morgan fingerprint density at radius 3 is 2.48 bits per heavy atom. The van der Waals surface area contributed by atoms with Gasteiger partial charge in [-0.25, -0.2) is 0 Å². The summed E-state index contributed by atoms with van der Waals surface area (Å²) < 4.78 is 0. The number of benzene rings is 1. The summed E-state index contributed by atoms with van der Waals surface area (Å²) >= 11 is 5.88. The monoisotopic (exact) mass is 368 g/mol. The van der Waals surface area contributed by atoms with E-state index in [9.17, 15) is 19.7 Å². The van der Waals surface area contributed by atoms with Gasteiger partial charge in [-0.3, -0.25) is 24.6 Å². The zero-order chi connectivity index (χ0) is 18.6. The smallest absolute Gasteiger partial charge is 0.282 e. The van der Waals surface area contributed by atoms with Gasteiger partial charge in [0, 0.05) is 43.3 Å². The van der Waals surface area contributed by atoms with Crippen molar-refractivity contribution in [2.75, 3.05) is 32.7 Å². The Kier molecular flexibility index (Phi) is 6.33. The van der Waals surface area contributed by atoms with Crippen molar-refractivity contribution in [3.05, 3.63) is 38.9 Å². The number of piperazine rings is 1. The third-order valence-corrected chi connectivity index (χ3v) is 4.10. The maximum Gasteiger partial charge on any atom is 0.282 e. The fourth-order valence-corrected chi connectivity index (χ4v) is 2.86. The Bertz CT molecular complexity index is 672. The minimum atomic E-state index is -0.587. The van der Waals surface area contributed by atoms with Gasteiger partial charge in [0.05, 0.1) is 11.5 Å². The number of amides is 2. The molecule has 0 atom stereocenters. The van der Waals surface area contributed by atoms with E-state index in [2.05, 4.69) is 5.32 Å². The van der Waals surface area contributed by atoms with Gasteiger partial charge in [0.15, 0.2) is 0 Å². The molecule has 0 saturated carbocycles. The largest absolute Gasteiger partial charge is 0.353 e. The lowest BCUT2D eigenvalue weighted by Crippen LogP contribution is -2.51. The van der Waals surface area contributed by atoms with Gasteiger partial charge in [-0.1, -0.05) is 11.6 Å². The number of nitro groups is 1. The van der Waals surface area contributed by atoms with Crippen molar-refractivity contribution in [2.24, 2.45) is 0 Å². The molecule has 0 unspecified atom stereocenters. The summed E-state index contributed by atoms with van der Waals surface area (Å²) in [6, 6.07) is 4.03. The second kappa shape index (κ2) is 8.26. The fraction of sp³-hybridized carbons (Fsp3) is 0.500. The summed E-state index contributed by atoms with van der Waals surface area (Å²) in [5.41, 5.74) is -0.267. The van der Waals surface area contributed by atoms with Crippen molar-refractivity contribution >= 4 is 29.1 Å². The van der Waals surface area contributed by atoms with Gasteiger partial charge in [-0.05, 0) is 26.0 Å². The van der Waals surface area contributed by atoms with E-state index in [-0.39, 0.29) is 34.8 Å². The van der Waals surface area contributed by atoms with Crippen molar-refractivity contribution in [2.45, 2.75) is 19.9 Å². The minimum Gasteiger partial charge on any atom is -0.353 e. The zero-order valence-corrected chi connectivity index (χ0v) is 15.0. The molecule has 0 aliphatic carbocycles. The van der Waals surface area contributed by atoms with Gasteiger partial charge in [0.1, 0.15) is 5.56 Å². The Labute approximate surface area is 150 Å². The molecule has 1 N–H and O–H groups in total. The summed E-state index contributed by atoms with van der Waals surface area (Å²) in [6.07, 6.45) is 0. The lowest BCUT2D eigenvalue weighted by Gasteiger charge is -2.34. The highest BCUT2D eigenvalue weighted by atomic mass is 35.5. The summed E-state index contributed by atoms with van der Waals surface area (Å²) in [6.45, 7) is 5.93. The molecule has 0 aromatic heterocycles. The molecule has 1 aromatic carbocycles. The number of hydrogen-bond acceptors (Lipinski definition) is 5. The van der Waals surface area contributed by atoms with Crippen molar-refractivity contribution in [3.63, 3.8) is 0 Å². The number of carbonyl (C=O) groups is 2. The van der Waals surface area contributed by atoms with Crippen LogP contribution in [-0.2, 0) is 4.79 Å². The predicted molar refractivity (Wildman–Crippen MR) is 93.7 cm³/mol. The molecule has 0 bridgehead atoms. The van der Waals surface area contributed by atoms with Crippen LogP contribution in [0.15, 0.2) is 18.2 Å². The van der Waals surface area contributed by atoms with E-state index in [1.54, 1.807) is 4.90 Å². The summed E-state index contributed by atoms with van der Waals surface area (Å²) in [4.78, 5) is 38.4. The van der Waals surface area contributed by atoms with Gasteiger partial charge in [-0.2, -0.15) is 0 Å². The van der Waals surface area contributed by atoms with Crippen LogP contribution in [0.2, 0.25) is 5.02 Å². The minimum absolute atomic E-state index is 0.0106. The Morgan fingerprint density at radius 2 is 1.92 bits per heavy atom. The second-order valence-corrected chi connectivity index (χ2v) is 6.65. The average molecular weight is 369 g/mol. The van der Waals surface area contributed by atoms with Crippen LogP contribution >= 0.6 is 11.6 Å². The molecule has 1 aromatic rings. The van der Waals surface area contributed by atoms with Crippen LogP contribution in [0.25, 0.3) is 0 Å². The summed E-state index contributed by atoms with van der Waals surface area (Å²) in [7, 11) is 0. The van der Waals surface area contributed by atoms with E-state index in [1.807, 2.05) is 18.7 Å². The maximum absolute atomic E-state index is 12.6. The molecule has 2 amide bonds. The predicted octanol–water partition coefficient (Wildman–Crippen LogP) is 1.53. The van der Waals surface area contributed by atoms with Crippen LogP contribution in [0.1, 0.15) is 24.2 Å². The third kappa shape index (κ3) is 5.14. The topological polar surface area (TPSA) is 95.8 Å². The van der Waals surface area contributed by atoms with E-state index >= 15 is 0 Å². The molecule has 2 rings (SSSR count). The van der Waals surface area contributed by atoms with Crippen LogP contribution in [0.3, 0.4) is 0 Å². The van der Waals surface area contributed by atoms with Crippen LogP contribution in [0, 0.1) is 10.1 Å². The third-order valence-electron chi connectivity index (χ3n) is 3.86. The first-order chi connectivity index (χ1) is 11.8. The highest BCUT2D eigenvalue weighted by molar-refractivity contribution is 6.31. The number of rotatable bonds is 5. The van der Waals surface area contributed by atoms with Crippen LogP contribution in [0.4, 0.5) is 5.69 Å². The maximum atomic E-state index is 12.6. The first-order valence-corrected chi connectivity index (χ1v) is 8.40. The molecular weight excluding hydrogens is 348 g/mol. The van der Waals surface area contributed by atoms with Gasteiger partial charge in [0.25, 0.3) is 11.6 Å². The molecule has 1 fully saturated rings. The van der Waals surface area contributed by atoms with E-state index in [0.717, 1.165) is 0 Å². The Hall–Kier alpha value is -2.19. The molecule has 25 heavy (non-hydrogen) atoms. The molecule has 1 saturated heterocycles. The van der Waals surface area contributed by atoms with Crippen molar-refractivity contribution in [1.82, 2.24) is 15.1 Å². The van der Waals surface area contributed by atoms with Crippen LogP contribution < -0.4 is 5.32 Å². The SMILES string of the molecule is CC(C)NC(=O)CN1CCN(C(=O)c2cc(Cl)ccc2[N+](=O)[O-])CC1. The first kappa shape index (κ1) is 19.1. The summed E-state index contributed by atoms with van der Waals surface area (Å²) in [5, 5.41) is 14.2. The highest BCUT2D eigenvalue weighted by Gasteiger charge is 2.28. The van der Waals surface area contributed by atoms with Crippen LogP contribution in [-0.4, -0.2) is 65.3 Å². The Morgan fingerprint density at radius 1 is 1.28 bits per heavy atom. The van der Waals surface area contributed by atoms with Gasteiger partial charge >= 0.3 is 0 Å². The fourth-order valence-electron chi connectivity index (χ4n) is 2.69. The Balaban J connectivity index is 1.99. The highest BCUT2D eigenvalue weighted by Crippen LogP contribution is 2.24. The average Bonchev–Trinajstić information content (AvgIpc) is 2.53. The van der Waals surface area contributed by atoms with Gasteiger partial charge < -0.3 is 10.2 Å². The second-order valence-electron chi connectivity index (χ2n) is 6.21. The van der Waals surface area contributed by atoms with E-state index in [4.69, 9.17) is 11.6 Å². The molecule has 1 aliphatic heterocycles. The van der Waals surface area contributed by atoms with Crippen molar-refractivity contribution in [3.8, 4) is 0 Å². The lowest BCUT2D eigenvalue weighted by atomic mass is 10.1. The number of nitrogens with one attached hydrogen (secondary N) is 1. The molecular formula is C16H21ClN4O4. The molecule has 1 aliphatic rings. The van der Waals surface area contributed by atoms with E-state index < -0.39 is 10.8 Å². The number of hydrogen-bond donors (Lipinski definition) is 1. The zero-order valence-electron chi connectivity index (χ0n) is 14.2. The number of nitrogens with zero attached hydrogens (tertiary/aromatic N) is 3. The van der Waals surface area contributed by atoms with E-state index in [1.165, 1.54) is 18.2 Å². The molecule has 9 heteroatoms. The van der Waals surface area contributed by atoms with E-state index in [0.29, 0.717) is 26.2 Å². The van der Waals surface area contributed by atoms with Gasteiger partial charge in [0.2, 0.25) is 5.91 Å². The van der Waals surface area contributed by atoms with Gasteiger partial charge in [-0.15, -0.1) is 0 Å². The molecule has 136 valence electrons. The molecule has 0 radical (unpaired) electrons. The lowest BCUT2D eigenvalue weighted by molar-refractivity contribution is -0.385. The van der Waals surface area contributed by atoms with Crippen LogP contribution in [0.5, 0.6) is 0 Å². The standard InChI is InChI=1S/C16H21ClN4O4/c1-11(2)18-15(22)10-19-5-7-20(8-6-19)16(23)13-9-12(17)3-4-14(13)21(24)25/h3-4,9,11H,5-8,10H2,1-2H3,(H,18,22). The quantitative estimate of drug-likeness (QED) is 0.628. The normalized spacial score (nSPS) is 15.3. The molecule has 0 spiro atoms. The molecule has 8 nitrogen and oxygen atoms in total. The van der Waals surface area contributed by atoms with Crippen molar-refractivity contribution < 1.29 is 14.5 Å². The first-order valence-electron chi connectivity index (χ1n) is 8.03. The number of carbonyl (C=O) groups excluding carboxylic acids is 2. The number of halogens is 1. The number of nitro benzene ring substituents is 1.